The van der Waals surface area contributed by atoms with Gasteiger partial charge in [-0.05, 0) is 31.6 Å². The van der Waals surface area contributed by atoms with Crippen LogP contribution in [0.25, 0.3) is 0 Å². The smallest absolute Gasteiger partial charge is 0.245 e. The lowest BCUT2D eigenvalue weighted by molar-refractivity contribution is -0.137. The first-order valence-electron chi connectivity index (χ1n) is 8.77. The Morgan fingerprint density at radius 1 is 1.19 bits per heavy atom. The highest BCUT2D eigenvalue weighted by molar-refractivity contribution is 5.90. The van der Waals surface area contributed by atoms with Crippen LogP contribution in [-0.4, -0.2) is 35.3 Å². The second-order valence-corrected chi connectivity index (χ2v) is 6.58. The fraction of sp³-hybridized carbons (Fsp3) is 0.882. The molecular weight excluding hydrogens is 264 g/mol. The lowest BCUT2D eigenvalue weighted by atomic mass is 9.83. The summed E-state index contributed by atoms with van der Waals surface area (Å²) in [6, 6.07) is 0.0208. The van der Waals surface area contributed by atoms with Gasteiger partial charge in [-0.1, -0.05) is 39.5 Å². The summed E-state index contributed by atoms with van der Waals surface area (Å²) >= 11 is 0. The quantitative estimate of drug-likeness (QED) is 0.847. The van der Waals surface area contributed by atoms with Gasteiger partial charge in [-0.15, -0.1) is 0 Å². The van der Waals surface area contributed by atoms with Crippen LogP contribution in [0.3, 0.4) is 0 Å². The number of nitrogens with zero attached hydrogens (tertiary/aromatic N) is 1. The molecule has 2 aliphatic rings. The number of carbonyl (C=O) groups excluding carboxylic acids is 2. The summed E-state index contributed by atoms with van der Waals surface area (Å²) in [5.74, 6) is 0.566. The molecule has 4 heteroatoms. The second-order valence-electron chi connectivity index (χ2n) is 6.58. The van der Waals surface area contributed by atoms with E-state index in [1.165, 1.54) is 19.3 Å². The SMILES string of the molecule is CCCC(CC)N1CCC(=O)NC(C2CCCCC2)C1=O. The highest BCUT2D eigenvalue weighted by atomic mass is 16.2. The molecule has 0 bridgehead atoms. The molecule has 2 atom stereocenters. The van der Waals surface area contributed by atoms with E-state index in [4.69, 9.17) is 0 Å². The van der Waals surface area contributed by atoms with Gasteiger partial charge in [0.2, 0.25) is 11.8 Å². The van der Waals surface area contributed by atoms with Gasteiger partial charge in [0.25, 0.3) is 0 Å². The van der Waals surface area contributed by atoms with Gasteiger partial charge in [-0.25, -0.2) is 0 Å². The molecule has 1 N–H and O–H groups in total. The third-order valence-corrected chi connectivity index (χ3v) is 5.10. The molecule has 120 valence electrons. The standard InChI is InChI=1S/C17H30N2O2/c1-3-8-14(4-2)19-12-11-15(20)18-16(17(19)21)13-9-6-5-7-10-13/h13-14,16H,3-12H2,1-2H3,(H,18,20). The van der Waals surface area contributed by atoms with E-state index in [1.54, 1.807) is 0 Å². The first-order chi connectivity index (χ1) is 10.2. The molecule has 2 amide bonds. The van der Waals surface area contributed by atoms with Gasteiger partial charge >= 0.3 is 0 Å². The summed E-state index contributed by atoms with van der Waals surface area (Å²) in [4.78, 5) is 27.0. The van der Waals surface area contributed by atoms with Gasteiger partial charge in [-0.2, -0.15) is 0 Å². The Labute approximate surface area is 128 Å². The number of nitrogens with one attached hydrogen (secondary N) is 1. The molecule has 4 nitrogen and oxygen atoms in total. The zero-order chi connectivity index (χ0) is 15.2. The van der Waals surface area contributed by atoms with Crippen molar-refractivity contribution in [2.75, 3.05) is 6.54 Å². The van der Waals surface area contributed by atoms with Gasteiger partial charge in [-0.3, -0.25) is 9.59 Å². The summed E-state index contributed by atoms with van der Waals surface area (Å²) in [5.41, 5.74) is 0. The van der Waals surface area contributed by atoms with E-state index in [0.717, 1.165) is 32.1 Å². The Kier molecular flexibility index (Phi) is 6.07. The van der Waals surface area contributed by atoms with E-state index >= 15 is 0 Å². The van der Waals surface area contributed by atoms with Crippen LogP contribution in [0.5, 0.6) is 0 Å². The van der Waals surface area contributed by atoms with Crippen LogP contribution >= 0.6 is 0 Å². The van der Waals surface area contributed by atoms with E-state index in [0.29, 0.717) is 24.9 Å². The Hall–Kier alpha value is -1.06. The molecule has 0 spiro atoms. The van der Waals surface area contributed by atoms with Gasteiger partial charge in [0.05, 0.1) is 0 Å². The van der Waals surface area contributed by atoms with Crippen molar-refractivity contribution >= 4 is 11.8 Å². The molecule has 2 rings (SSSR count). The van der Waals surface area contributed by atoms with Crippen molar-refractivity contribution < 1.29 is 9.59 Å². The maximum Gasteiger partial charge on any atom is 0.245 e. The Morgan fingerprint density at radius 2 is 1.90 bits per heavy atom. The minimum atomic E-state index is -0.272. The van der Waals surface area contributed by atoms with E-state index in [-0.39, 0.29) is 17.9 Å². The molecule has 2 unspecified atom stereocenters. The van der Waals surface area contributed by atoms with Gasteiger partial charge in [0.1, 0.15) is 6.04 Å². The van der Waals surface area contributed by atoms with E-state index in [2.05, 4.69) is 19.2 Å². The third kappa shape index (κ3) is 3.98. The number of amides is 2. The summed E-state index contributed by atoms with van der Waals surface area (Å²) in [6.45, 7) is 4.89. The minimum absolute atomic E-state index is 0.0489. The number of carbonyl (C=O) groups is 2. The molecule has 1 saturated carbocycles. The van der Waals surface area contributed by atoms with Crippen LogP contribution in [0.15, 0.2) is 0 Å². The maximum atomic E-state index is 13.0. The molecule has 2 fully saturated rings. The lowest BCUT2D eigenvalue weighted by Gasteiger charge is -2.35. The van der Waals surface area contributed by atoms with Crippen molar-refractivity contribution in [3.05, 3.63) is 0 Å². The van der Waals surface area contributed by atoms with Crippen molar-refractivity contribution in [1.82, 2.24) is 10.2 Å². The van der Waals surface area contributed by atoms with Crippen LogP contribution in [-0.2, 0) is 9.59 Å². The predicted octanol–water partition coefficient (Wildman–Crippen LogP) is 2.86. The lowest BCUT2D eigenvalue weighted by Crippen LogP contribution is -2.52. The molecule has 0 aromatic heterocycles. The number of rotatable bonds is 5. The van der Waals surface area contributed by atoms with Crippen molar-refractivity contribution in [3.8, 4) is 0 Å². The third-order valence-electron chi connectivity index (χ3n) is 5.10. The van der Waals surface area contributed by atoms with Crippen molar-refractivity contribution in [2.45, 2.75) is 83.7 Å². The molecule has 0 radical (unpaired) electrons. The zero-order valence-electron chi connectivity index (χ0n) is 13.6. The highest BCUT2D eigenvalue weighted by Crippen LogP contribution is 2.29. The van der Waals surface area contributed by atoms with Crippen molar-refractivity contribution in [1.29, 1.82) is 0 Å². The van der Waals surface area contributed by atoms with Gasteiger partial charge < -0.3 is 10.2 Å². The highest BCUT2D eigenvalue weighted by Gasteiger charge is 2.37. The summed E-state index contributed by atoms with van der Waals surface area (Å²) in [5, 5.41) is 3.02. The number of hydrogen-bond acceptors (Lipinski definition) is 2. The Morgan fingerprint density at radius 3 is 2.52 bits per heavy atom. The molecule has 1 heterocycles. The average Bonchev–Trinajstić information content (AvgIpc) is 2.65. The normalized spacial score (nSPS) is 26.4. The van der Waals surface area contributed by atoms with Crippen molar-refractivity contribution in [3.63, 3.8) is 0 Å². The maximum absolute atomic E-state index is 13.0. The van der Waals surface area contributed by atoms with Crippen LogP contribution < -0.4 is 5.32 Å². The second kappa shape index (κ2) is 7.81. The molecule has 1 aliphatic heterocycles. The fourth-order valence-electron chi connectivity index (χ4n) is 3.88. The summed E-state index contributed by atoms with van der Waals surface area (Å²) in [7, 11) is 0. The molecule has 0 aromatic rings. The zero-order valence-corrected chi connectivity index (χ0v) is 13.6. The first-order valence-corrected chi connectivity index (χ1v) is 8.77. The van der Waals surface area contributed by atoms with Crippen LogP contribution in [0.2, 0.25) is 0 Å². The van der Waals surface area contributed by atoms with Gasteiger partial charge in [0.15, 0.2) is 0 Å². The Bertz CT molecular complexity index is 364. The first kappa shape index (κ1) is 16.3. The van der Waals surface area contributed by atoms with E-state index in [9.17, 15) is 9.59 Å². The summed E-state index contributed by atoms with van der Waals surface area (Å²) < 4.78 is 0. The fourth-order valence-corrected chi connectivity index (χ4v) is 3.88. The molecular formula is C17H30N2O2. The number of hydrogen-bond donors (Lipinski definition) is 1. The van der Waals surface area contributed by atoms with Crippen molar-refractivity contribution in [2.24, 2.45) is 5.92 Å². The van der Waals surface area contributed by atoms with E-state index < -0.39 is 0 Å². The molecule has 21 heavy (non-hydrogen) atoms. The van der Waals surface area contributed by atoms with Crippen LogP contribution in [0.1, 0.15) is 71.6 Å². The van der Waals surface area contributed by atoms with Gasteiger partial charge in [0, 0.05) is 19.0 Å². The largest absolute Gasteiger partial charge is 0.344 e. The molecule has 1 aliphatic carbocycles. The monoisotopic (exact) mass is 294 g/mol. The minimum Gasteiger partial charge on any atom is -0.344 e. The Balaban J connectivity index is 2.14. The molecule has 0 aromatic carbocycles. The van der Waals surface area contributed by atoms with E-state index in [1.807, 2.05) is 4.90 Å². The van der Waals surface area contributed by atoms with Crippen LogP contribution in [0.4, 0.5) is 0 Å². The summed E-state index contributed by atoms with van der Waals surface area (Å²) in [6.07, 6.45) is 9.35. The predicted molar refractivity (Wildman–Crippen MR) is 83.8 cm³/mol. The topological polar surface area (TPSA) is 49.4 Å². The average molecular weight is 294 g/mol. The van der Waals surface area contributed by atoms with Crippen LogP contribution in [0, 0.1) is 5.92 Å². The molecule has 1 saturated heterocycles.